The monoisotopic (exact) mass is 363 g/mol. The van der Waals surface area contributed by atoms with Crippen LogP contribution in [0.1, 0.15) is 10.4 Å². The highest BCUT2D eigenvalue weighted by atomic mass is 16.5. The van der Waals surface area contributed by atoms with Gasteiger partial charge >= 0.3 is 0 Å². The van der Waals surface area contributed by atoms with E-state index < -0.39 is 0 Å². The zero-order valence-corrected chi connectivity index (χ0v) is 15.1. The van der Waals surface area contributed by atoms with Crippen molar-refractivity contribution in [2.75, 3.05) is 38.2 Å². The molecule has 1 aliphatic rings. The summed E-state index contributed by atoms with van der Waals surface area (Å²) >= 11 is 0. The molecule has 0 bridgehead atoms. The van der Waals surface area contributed by atoms with Crippen LogP contribution < -0.4 is 15.1 Å². The lowest BCUT2D eigenvalue weighted by Crippen LogP contribution is -2.49. The predicted molar refractivity (Wildman–Crippen MR) is 106 cm³/mol. The number of aromatic nitrogens is 1. The van der Waals surface area contributed by atoms with Gasteiger partial charge < -0.3 is 19.5 Å². The van der Waals surface area contributed by atoms with Gasteiger partial charge in [-0.2, -0.15) is 0 Å². The van der Waals surface area contributed by atoms with Crippen LogP contribution in [0.15, 0.2) is 59.5 Å². The number of para-hydroxylation sites is 1. The number of fused-ring (bicyclic) bond motifs is 1. The first kappa shape index (κ1) is 17.1. The van der Waals surface area contributed by atoms with E-state index in [2.05, 4.69) is 22.0 Å². The predicted octanol–water partition coefficient (Wildman–Crippen LogP) is 2.50. The molecule has 1 fully saturated rings. The Bertz CT molecular complexity index is 1020. The molecule has 0 unspecified atom stereocenters. The molecule has 2 aromatic carbocycles. The Balaban J connectivity index is 1.55. The van der Waals surface area contributed by atoms with Crippen LogP contribution in [0, 0.1) is 0 Å². The molecule has 6 nitrogen and oxygen atoms in total. The smallest absolute Gasteiger partial charge is 0.259 e. The number of methoxy groups -OCH3 is 1. The number of nitrogens with zero attached hydrogens (tertiary/aromatic N) is 2. The molecule has 27 heavy (non-hydrogen) atoms. The van der Waals surface area contributed by atoms with Gasteiger partial charge in [-0.25, -0.2) is 0 Å². The number of H-pyrrole nitrogens is 1. The molecule has 4 rings (SSSR count). The maximum atomic E-state index is 12.9. The number of hydrogen-bond acceptors (Lipinski definition) is 4. The second kappa shape index (κ2) is 7.15. The first-order valence-electron chi connectivity index (χ1n) is 8.96. The highest BCUT2D eigenvalue weighted by Gasteiger charge is 2.24. The van der Waals surface area contributed by atoms with Gasteiger partial charge in [-0.05, 0) is 30.3 Å². The molecule has 1 saturated heterocycles. The number of carbonyl (C=O) groups is 1. The number of pyridine rings is 1. The van der Waals surface area contributed by atoms with Crippen molar-refractivity contribution in [3.63, 3.8) is 0 Å². The molecule has 0 aliphatic carbocycles. The average molecular weight is 363 g/mol. The standard InChI is InChI=1S/C21H21N3O3/c1-27-16-7-8-19-17(13-16)20(25)18(14-22-19)21(26)24-11-9-23(10-12-24)15-5-3-2-4-6-15/h2-8,13-14H,9-12H2,1H3,(H,22,25). The number of aromatic amines is 1. The van der Waals surface area contributed by atoms with Gasteiger partial charge in [0.15, 0.2) is 0 Å². The van der Waals surface area contributed by atoms with Gasteiger partial charge in [0.25, 0.3) is 5.91 Å². The van der Waals surface area contributed by atoms with E-state index in [9.17, 15) is 9.59 Å². The van der Waals surface area contributed by atoms with E-state index in [1.807, 2.05) is 18.2 Å². The van der Waals surface area contributed by atoms with Gasteiger partial charge in [0.1, 0.15) is 11.3 Å². The van der Waals surface area contributed by atoms with Crippen LogP contribution in [-0.2, 0) is 0 Å². The highest BCUT2D eigenvalue weighted by Crippen LogP contribution is 2.19. The fourth-order valence-electron chi connectivity index (χ4n) is 3.46. The largest absolute Gasteiger partial charge is 0.497 e. The van der Waals surface area contributed by atoms with Crippen molar-refractivity contribution >= 4 is 22.5 Å². The molecule has 1 aliphatic heterocycles. The first-order valence-corrected chi connectivity index (χ1v) is 8.96. The summed E-state index contributed by atoms with van der Waals surface area (Å²) in [5, 5.41) is 0.461. The normalized spacial score (nSPS) is 14.4. The number of anilines is 1. The van der Waals surface area contributed by atoms with Gasteiger partial charge in [0, 0.05) is 49.0 Å². The lowest BCUT2D eigenvalue weighted by molar-refractivity contribution is 0.0745. The van der Waals surface area contributed by atoms with E-state index in [0.717, 1.165) is 18.8 Å². The van der Waals surface area contributed by atoms with E-state index in [4.69, 9.17) is 4.74 Å². The van der Waals surface area contributed by atoms with E-state index in [1.165, 1.54) is 6.20 Å². The van der Waals surface area contributed by atoms with Crippen LogP contribution in [0.5, 0.6) is 5.75 Å². The Morgan fingerprint density at radius 2 is 1.78 bits per heavy atom. The SMILES string of the molecule is COc1ccc2[nH]cc(C(=O)N3CCN(c4ccccc4)CC3)c(=O)c2c1. The Hall–Kier alpha value is -3.28. The van der Waals surface area contributed by atoms with Crippen LogP contribution in [-0.4, -0.2) is 49.1 Å². The Morgan fingerprint density at radius 1 is 1.04 bits per heavy atom. The van der Waals surface area contributed by atoms with Gasteiger partial charge in [-0.1, -0.05) is 18.2 Å². The summed E-state index contributed by atoms with van der Waals surface area (Å²) in [6.07, 6.45) is 1.52. The van der Waals surface area contributed by atoms with Crippen molar-refractivity contribution in [3.8, 4) is 5.75 Å². The van der Waals surface area contributed by atoms with Gasteiger partial charge in [-0.15, -0.1) is 0 Å². The summed E-state index contributed by atoms with van der Waals surface area (Å²) in [4.78, 5) is 32.8. The molecule has 3 aromatic rings. The van der Waals surface area contributed by atoms with Crippen molar-refractivity contribution in [2.45, 2.75) is 0 Å². The zero-order valence-electron chi connectivity index (χ0n) is 15.1. The first-order chi connectivity index (χ1) is 13.2. The maximum absolute atomic E-state index is 12.9. The lowest BCUT2D eigenvalue weighted by Gasteiger charge is -2.36. The third-order valence-electron chi connectivity index (χ3n) is 5.01. The molecule has 0 radical (unpaired) electrons. The topological polar surface area (TPSA) is 65.6 Å². The van der Waals surface area contributed by atoms with Gasteiger partial charge in [-0.3, -0.25) is 9.59 Å². The maximum Gasteiger partial charge on any atom is 0.259 e. The van der Waals surface area contributed by atoms with Crippen LogP contribution in [0.2, 0.25) is 0 Å². The Kier molecular flexibility index (Phi) is 4.54. The van der Waals surface area contributed by atoms with E-state index >= 15 is 0 Å². The number of ether oxygens (including phenoxy) is 1. The molecule has 6 heteroatoms. The molecular formula is C21H21N3O3. The molecule has 0 saturated carbocycles. The quantitative estimate of drug-likeness (QED) is 0.777. The number of benzene rings is 2. The molecule has 1 aromatic heterocycles. The summed E-state index contributed by atoms with van der Waals surface area (Å²) in [5.41, 5.74) is 1.74. The number of carbonyl (C=O) groups excluding carboxylic acids is 1. The lowest BCUT2D eigenvalue weighted by atomic mass is 10.1. The summed E-state index contributed by atoms with van der Waals surface area (Å²) in [6.45, 7) is 2.66. The second-order valence-electron chi connectivity index (χ2n) is 6.56. The van der Waals surface area contributed by atoms with Crippen molar-refractivity contribution in [3.05, 3.63) is 70.5 Å². The van der Waals surface area contributed by atoms with Crippen molar-refractivity contribution in [2.24, 2.45) is 0 Å². The summed E-state index contributed by atoms with van der Waals surface area (Å²) in [6, 6.07) is 15.4. The molecule has 1 N–H and O–H groups in total. The van der Waals surface area contributed by atoms with E-state index in [1.54, 1.807) is 30.2 Å². The van der Waals surface area contributed by atoms with Crippen LogP contribution in [0.25, 0.3) is 10.9 Å². The average Bonchev–Trinajstić information content (AvgIpc) is 2.74. The third-order valence-corrected chi connectivity index (χ3v) is 5.01. The van der Waals surface area contributed by atoms with Crippen LogP contribution in [0.3, 0.4) is 0 Å². The highest BCUT2D eigenvalue weighted by molar-refractivity contribution is 5.97. The Labute approximate surface area is 157 Å². The van der Waals surface area contributed by atoms with Crippen molar-refractivity contribution < 1.29 is 9.53 Å². The summed E-state index contributed by atoms with van der Waals surface area (Å²) in [7, 11) is 1.55. The number of amides is 1. The van der Waals surface area contributed by atoms with E-state index in [-0.39, 0.29) is 16.9 Å². The molecule has 1 amide bonds. The Morgan fingerprint density at radius 3 is 2.48 bits per heavy atom. The molecule has 2 heterocycles. The molecule has 0 atom stereocenters. The van der Waals surface area contributed by atoms with Crippen LogP contribution in [0.4, 0.5) is 5.69 Å². The van der Waals surface area contributed by atoms with Gasteiger partial charge in [0.05, 0.1) is 7.11 Å². The summed E-state index contributed by atoms with van der Waals surface area (Å²) < 4.78 is 5.19. The minimum Gasteiger partial charge on any atom is -0.497 e. The fourth-order valence-corrected chi connectivity index (χ4v) is 3.46. The number of hydrogen-bond donors (Lipinski definition) is 1. The zero-order chi connectivity index (χ0) is 18.8. The number of piperazine rings is 1. The summed E-state index contributed by atoms with van der Waals surface area (Å²) in [5.74, 6) is 0.364. The minimum atomic E-state index is -0.266. The fraction of sp³-hybridized carbons (Fsp3) is 0.238. The third kappa shape index (κ3) is 3.26. The second-order valence-corrected chi connectivity index (χ2v) is 6.56. The number of rotatable bonds is 3. The van der Waals surface area contributed by atoms with Crippen molar-refractivity contribution in [1.29, 1.82) is 0 Å². The number of nitrogens with one attached hydrogen (secondary N) is 1. The van der Waals surface area contributed by atoms with E-state index in [0.29, 0.717) is 29.7 Å². The molecule has 138 valence electrons. The van der Waals surface area contributed by atoms with Gasteiger partial charge in [0.2, 0.25) is 5.43 Å². The molecule has 0 spiro atoms. The van der Waals surface area contributed by atoms with Crippen LogP contribution >= 0.6 is 0 Å². The molecular weight excluding hydrogens is 342 g/mol. The minimum absolute atomic E-state index is 0.170. The van der Waals surface area contributed by atoms with Crippen molar-refractivity contribution in [1.82, 2.24) is 9.88 Å².